The molecule has 0 radical (unpaired) electrons. The van der Waals surface area contributed by atoms with Crippen LogP contribution in [-0.4, -0.2) is 370 Å². The van der Waals surface area contributed by atoms with Gasteiger partial charge in [0.25, 0.3) is 0 Å². The van der Waals surface area contributed by atoms with Gasteiger partial charge >= 0.3 is 0 Å². The quantitative estimate of drug-likeness (QED) is 0.0677. The van der Waals surface area contributed by atoms with Gasteiger partial charge in [-0.05, 0) is 68.9 Å². The number of fused-ring (bicyclic) bond motifs is 2. The normalized spacial score (nSPS) is 52.3. The molecule has 19 N–H and O–H groups in total. The summed E-state index contributed by atoms with van der Waals surface area (Å²) in [6, 6.07) is 0. The Morgan fingerprint density at radius 1 is 0.330 bits per heavy atom. The van der Waals surface area contributed by atoms with E-state index in [1.165, 1.54) is 25.7 Å². The zero-order valence-corrected chi connectivity index (χ0v) is 53.0. The summed E-state index contributed by atoms with van der Waals surface area (Å²) in [5, 5.41) is 217. The second-order valence-corrected chi connectivity index (χ2v) is 27.6. The Morgan fingerprint density at radius 2 is 0.596 bits per heavy atom. The lowest BCUT2D eigenvalue weighted by atomic mass is 9.60. The molecule has 94 heavy (non-hydrogen) atoms. The molecule has 21 heterocycles. The number of hydrogen-bond donors (Lipinski definition) is 19. The highest BCUT2D eigenvalue weighted by molar-refractivity contribution is 5.03. The van der Waals surface area contributed by atoms with Gasteiger partial charge in [-0.2, -0.15) is 0 Å². The van der Waals surface area contributed by atoms with E-state index in [1.807, 2.05) is 6.92 Å². The van der Waals surface area contributed by atoms with E-state index in [4.69, 9.17) is 66.3 Å². The lowest BCUT2D eigenvalue weighted by molar-refractivity contribution is -0.396. The van der Waals surface area contributed by atoms with Crippen molar-refractivity contribution >= 4 is 0 Å². The molecule has 23 aliphatic rings. The monoisotopic (exact) mass is 1370 g/mol. The highest BCUT2D eigenvalue weighted by atomic mass is 16.8. The molecule has 21 saturated heterocycles. The summed E-state index contributed by atoms with van der Waals surface area (Å²) in [6.07, 6.45) is -56.6. The van der Waals surface area contributed by atoms with Crippen molar-refractivity contribution < 1.29 is 163 Å². The van der Waals surface area contributed by atoms with Crippen molar-refractivity contribution in [3.8, 4) is 0 Å². The molecule has 2 aliphatic carbocycles. The molecule has 0 aromatic rings. The van der Waals surface area contributed by atoms with Gasteiger partial charge in [-0.25, -0.2) is 0 Å². The molecule has 0 spiro atoms. The average molecular weight is 1370 g/mol. The maximum absolute atomic E-state index is 12.3. The third-order valence-electron chi connectivity index (χ3n) is 20.8. The Hall–Kier alpha value is -1.36. The van der Waals surface area contributed by atoms with Gasteiger partial charge in [-0.1, -0.05) is 52.9 Å². The van der Waals surface area contributed by atoms with Crippen molar-refractivity contribution in [1.82, 2.24) is 4.90 Å². The van der Waals surface area contributed by atoms with Crippen LogP contribution >= 0.6 is 0 Å². The predicted molar refractivity (Wildman–Crippen MR) is 308 cm³/mol. The van der Waals surface area contributed by atoms with E-state index < -0.39 is 248 Å². The zero-order valence-electron chi connectivity index (χ0n) is 53.0. The van der Waals surface area contributed by atoms with Gasteiger partial charge in [-0.3, -0.25) is 0 Å². The molecule has 0 aromatic carbocycles. The smallest absolute Gasteiger partial charge is 0.187 e. The van der Waals surface area contributed by atoms with Gasteiger partial charge in [-0.15, -0.1) is 0 Å². The van der Waals surface area contributed by atoms with E-state index >= 15 is 0 Å². The van der Waals surface area contributed by atoms with Crippen LogP contribution in [-0.2, 0) is 66.3 Å². The zero-order chi connectivity index (χ0) is 67.8. The first kappa shape index (κ1) is 75.3. The van der Waals surface area contributed by atoms with E-state index in [1.54, 1.807) is 6.92 Å². The minimum absolute atomic E-state index is 0.00458. The topological polar surface area (TPSA) is 517 Å². The summed E-state index contributed by atoms with van der Waals surface area (Å²) in [7, 11) is 0. The molecule has 23 unspecified atom stereocenters. The standard InChI is InChI=1S/C60H103NO33/c1-4-6-7-12-61(13-11-60(3)15-23-9-8-10-24(14-23)16-60)17-26-47-33(68)40(75)54(82-26)91-49-28(19-63)86-58(44(79)37(49)72)92-50-29(20-64)83-55(41(76)34(50)69)88-46-25(5-2)81-53(39(74)32(46)67)90-48-27(18-62)85-57(43(78)36(48)71)94-52-31(22-66)87-59(45(80)38(52)73)93-51-30(21-65)84-56(89-47)42(77)35(51)70/h23-59,62-80H,4-22H2,1-3H3/t23?,24?,25?,26?,27?,28?,29?,30?,31?,32?,33?,34?,35?,36?,37?,38?,39?,40?,41?,42?,43?,44?,45?,46-,47-,48-,49-,50-,51-,52-,53-,54-,55-,56-,57-,58-,59-,60?/m1/s1. The fourth-order valence-corrected chi connectivity index (χ4v) is 15.6. The number of rotatable bonds is 15. The van der Waals surface area contributed by atoms with Gasteiger partial charge in [0.1, 0.15) is 165 Å². The SMILES string of the molecule is CCCCCN(CCC1(C)CC2CCCC(C2)C1)CC1O[C@@H]2O[C@@H]3C(CO)O[C@H](O[C@@H]4C(CO)O[C@H](O[C@@H]5C(CC)O[C@H](O[C@@H]6C(CO)O[C@H](O[C@@H]7C(CO)O[C@H](O[C@@H]8C(CO)O[C@H](O[C@H]1C(O)C2O)C(O)C8O)C(O)C7O)C(O)C6O)C(O)C5O)C(O)C4O)C(O)C3O. The van der Waals surface area contributed by atoms with Crippen LogP contribution in [0.2, 0.25) is 0 Å². The fourth-order valence-electron chi connectivity index (χ4n) is 15.6. The van der Waals surface area contributed by atoms with Crippen molar-refractivity contribution in [3.63, 3.8) is 0 Å². The Balaban J connectivity index is 0.954. The van der Waals surface area contributed by atoms with Crippen LogP contribution < -0.4 is 0 Å². The van der Waals surface area contributed by atoms with Crippen LogP contribution in [0.3, 0.4) is 0 Å². The molecule has 2 saturated carbocycles. The predicted octanol–water partition coefficient (Wildman–Crippen LogP) is -8.32. The third kappa shape index (κ3) is 16.0. The lowest BCUT2D eigenvalue weighted by Gasteiger charge is -2.50. The number of ether oxygens (including phenoxy) is 14. The molecule has 0 aromatic heterocycles. The van der Waals surface area contributed by atoms with E-state index in [2.05, 4.69) is 11.8 Å². The minimum atomic E-state index is -2.17. The van der Waals surface area contributed by atoms with Crippen molar-refractivity contribution in [2.75, 3.05) is 52.7 Å². The first-order chi connectivity index (χ1) is 44.9. The van der Waals surface area contributed by atoms with Crippen LogP contribution in [0.25, 0.3) is 0 Å². The number of aliphatic hydroxyl groups excluding tert-OH is 19. The minimum Gasteiger partial charge on any atom is -0.394 e. The van der Waals surface area contributed by atoms with Crippen molar-refractivity contribution in [2.45, 2.75) is 306 Å². The molecule has 23 fully saturated rings. The molecule has 23 rings (SSSR count). The largest absolute Gasteiger partial charge is 0.394 e. The van der Waals surface area contributed by atoms with E-state index in [0.717, 1.165) is 38.5 Å². The summed E-state index contributed by atoms with van der Waals surface area (Å²) in [4.78, 5) is 2.12. The first-order valence-electron chi connectivity index (χ1n) is 33.4. The summed E-state index contributed by atoms with van der Waals surface area (Å²) in [5.41, 5.74) is -0.00458. The molecule has 0 amide bonds. The van der Waals surface area contributed by atoms with Crippen molar-refractivity contribution in [2.24, 2.45) is 17.3 Å². The highest BCUT2D eigenvalue weighted by Crippen LogP contribution is 2.51. The highest BCUT2D eigenvalue weighted by Gasteiger charge is 2.60. The summed E-state index contributed by atoms with van der Waals surface area (Å²) in [6.45, 7) is 1.98. The molecular weight excluding hydrogens is 1260 g/mol. The maximum Gasteiger partial charge on any atom is 0.187 e. The molecule has 21 aliphatic heterocycles. The summed E-state index contributed by atoms with van der Waals surface area (Å²) in [5.74, 6) is 1.22. The molecule has 546 valence electrons. The lowest BCUT2D eigenvalue weighted by Crippen LogP contribution is -2.68. The first-order valence-corrected chi connectivity index (χ1v) is 33.4. The Labute approximate surface area is 543 Å². The maximum atomic E-state index is 12.3. The van der Waals surface area contributed by atoms with Crippen molar-refractivity contribution in [1.29, 1.82) is 0 Å². The number of aliphatic hydroxyl groups is 19. The van der Waals surface area contributed by atoms with Gasteiger partial charge in [0.05, 0.1) is 39.1 Å². The van der Waals surface area contributed by atoms with Crippen LogP contribution in [0.15, 0.2) is 0 Å². The fraction of sp³-hybridized carbons (Fsp3) is 1.00. The van der Waals surface area contributed by atoms with Crippen LogP contribution in [0.4, 0.5) is 0 Å². The number of unbranched alkanes of at least 4 members (excludes halogenated alkanes) is 2. The molecule has 34 nitrogen and oxygen atoms in total. The van der Waals surface area contributed by atoms with Crippen LogP contribution in [0.1, 0.15) is 91.4 Å². The van der Waals surface area contributed by atoms with Gasteiger partial charge < -0.3 is 168 Å². The molecular formula is C60H103NO33. The van der Waals surface area contributed by atoms with E-state index in [-0.39, 0.29) is 18.4 Å². The van der Waals surface area contributed by atoms with E-state index in [9.17, 15) is 97.0 Å². The molecule has 34 heteroatoms. The van der Waals surface area contributed by atoms with Crippen molar-refractivity contribution in [3.05, 3.63) is 0 Å². The second-order valence-electron chi connectivity index (χ2n) is 27.6. The van der Waals surface area contributed by atoms with Gasteiger partial charge in [0.15, 0.2) is 44.0 Å². The molecule has 16 bridgehead atoms. The third-order valence-corrected chi connectivity index (χ3v) is 20.8. The summed E-state index contributed by atoms with van der Waals surface area (Å²) >= 11 is 0. The molecule has 37 atom stereocenters. The summed E-state index contributed by atoms with van der Waals surface area (Å²) < 4.78 is 84.1. The van der Waals surface area contributed by atoms with Gasteiger partial charge in [0, 0.05) is 6.54 Å². The van der Waals surface area contributed by atoms with Gasteiger partial charge in [0.2, 0.25) is 0 Å². The number of hydrogen-bond acceptors (Lipinski definition) is 34. The Morgan fingerprint density at radius 3 is 0.872 bits per heavy atom. The Kier molecular flexibility index (Phi) is 26.2. The number of nitrogens with zero attached hydrogens (tertiary/aromatic N) is 1. The van der Waals surface area contributed by atoms with Crippen LogP contribution in [0, 0.1) is 17.3 Å². The van der Waals surface area contributed by atoms with E-state index in [0.29, 0.717) is 24.9 Å². The Bertz CT molecular complexity index is 2280. The average Bonchev–Trinajstić information content (AvgIpc) is 0.781. The second kappa shape index (κ2) is 32.7. The van der Waals surface area contributed by atoms with Crippen LogP contribution in [0.5, 0.6) is 0 Å².